The van der Waals surface area contributed by atoms with Crippen LogP contribution in [0, 0.1) is 25.7 Å². The largest absolute Gasteiger partial charge is 0.509 e. The average Bonchev–Trinajstić information content (AvgIpc) is 3.80. The fourth-order valence-electron chi connectivity index (χ4n) is 8.08. The third-order valence-corrected chi connectivity index (χ3v) is 11.4. The predicted octanol–water partition coefficient (Wildman–Crippen LogP) is 14.3. The second-order valence-electron chi connectivity index (χ2n) is 18.4. The molecule has 5 nitrogen and oxygen atoms in total. The van der Waals surface area contributed by atoms with Crippen LogP contribution in [0.4, 0.5) is 11.4 Å². The molecule has 1 aliphatic rings. The summed E-state index contributed by atoms with van der Waals surface area (Å²) < 4.78 is 8.84. The first-order chi connectivity index (χ1) is 27.6. The molecule has 0 radical (unpaired) electrons. The maximum absolute atomic E-state index is 6.58. The Morgan fingerprint density at radius 3 is 1.98 bits per heavy atom. The first kappa shape index (κ1) is 42.0. The molecule has 0 N–H and O–H groups in total. The second kappa shape index (κ2) is 16.1. The Balaban J connectivity index is 0.00000528. The standard InChI is InChI=1S/C53H55N4O.Pt/c1-34(2)43-16-13-17-44(35(3)4)51(43)37-18-21-45-46-22-20-42(32-49(46)57(48(45)29-37)50-30-39(24-25-54-50)53(9,10)11)58-41-15-12-14-40(31-41)55-26-27-56(33-55)47-23-19-38(28-36(47)5)52(6,7)8;/h12-30,33-35H,1-11H3;/q-3;. The molecule has 0 aliphatic carbocycles. The summed E-state index contributed by atoms with van der Waals surface area (Å²) >= 11 is 0. The van der Waals surface area contributed by atoms with Crippen LogP contribution in [0.1, 0.15) is 109 Å². The minimum Gasteiger partial charge on any atom is -0.509 e. The summed E-state index contributed by atoms with van der Waals surface area (Å²) in [5.74, 6) is 2.86. The Hall–Kier alpha value is -5.12. The van der Waals surface area contributed by atoms with Gasteiger partial charge in [-0.15, -0.1) is 48.1 Å². The normalized spacial score (nSPS) is 13.3. The van der Waals surface area contributed by atoms with Crippen LogP contribution in [-0.2, 0) is 31.9 Å². The molecule has 8 rings (SSSR count). The van der Waals surface area contributed by atoms with E-state index in [4.69, 9.17) is 9.72 Å². The molecule has 1 aliphatic heterocycles. The third-order valence-electron chi connectivity index (χ3n) is 11.4. The van der Waals surface area contributed by atoms with Crippen molar-refractivity contribution in [2.75, 3.05) is 9.80 Å². The molecule has 5 aromatic carbocycles. The van der Waals surface area contributed by atoms with Crippen molar-refractivity contribution in [3.63, 3.8) is 0 Å². The van der Waals surface area contributed by atoms with E-state index in [1.54, 1.807) is 0 Å². The minimum absolute atomic E-state index is 0. The van der Waals surface area contributed by atoms with Crippen molar-refractivity contribution in [2.24, 2.45) is 0 Å². The van der Waals surface area contributed by atoms with E-state index < -0.39 is 0 Å². The molecule has 0 fully saturated rings. The van der Waals surface area contributed by atoms with Gasteiger partial charge in [0.05, 0.1) is 0 Å². The zero-order valence-electron chi connectivity index (χ0n) is 36.2. The topological polar surface area (TPSA) is 33.5 Å². The van der Waals surface area contributed by atoms with Gasteiger partial charge in [-0.25, -0.2) is 4.98 Å². The zero-order valence-corrected chi connectivity index (χ0v) is 38.5. The summed E-state index contributed by atoms with van der Waals surface area (Å²) in [6.45, 7) is 26.9. The van der Waals surface area contributed by atoms with Gasteiger partial charge >= 0.3 is 0 Å². The van der Waals surface area contributed by atoms with Crippen LogP contribution in [0.3, 0.4) is 0 Å². The minimum atomic E-state index is -0.0441. The van der Waals surface area contributed by atoms with Crippen LogP contribution >= 0.6 is 0 Å². The summed E-state index contributed by atoms with van der Waals surface area (Å²) in [6.07, 6.45) is 6.07. The Kier molecular flexibility index (Phi) is 11.5. The maximum atomic E-state index is 6.58. The van der Waals surface area contributed by atoms with E-state index in [9.17, 15) is 0 Å². The Bertz CT molecular complexity index is 2660. The van der Waals surface area contributed by atoms with E-state index in [-0.39, 0.29) is 31.9 Å². The maximum Gasteiger partial charge on any atom is 0.135 e. The van der Waals surface area contributed by atoms with Gasteiger partial charge in [0, 0.05) is 50.0 Å². The van der Waals surface area contributed by atoms with Crippen LogP contribution in [0.25, 0.3) is 38.8 Å². The molecule has 0 saturated carbocycles. The summed E-state index contributed by atoms with van der Waals surface area (Å²) in [5, 5.41) is 2.24. The molecule has 2 aromatic heterocycles. The van der Waals surface area contributed by atoms with E-state index in [0.717, 1.165) is 39.0 Å². The molecule has 3 heterocycles. The predicted molar refractivity (Wildman–Crippen MR) is 243 cm³/mol. The van der Waals surface area contributed by atoms with Gasteiger partial charge in [-0.05, 0) is 111 Å². The molecule has 0 amide bonds. The van der Waals surface area contributed by atoms with Gasteiger partial charge in [-0.1, -0.05) is 117 Å². The van der Waals surface area contributed by atoms with Gasteiger partial charge in [-0.3, -0.25) is 0 Å². The Labute approximate surface area is 366 Å². The van der Waals surface area contributed by atoms with Gasteiger partial charge in [0.1, 0.15) is 5.82 Å². The van der Waals surface area contributed by atoms with E-state index >= 15 is 0 Å². The van der Waals surface area contributed by atoms with Crippen molar-refractivity contribution in [3.05, 3.63) is 162 Å². The van der Waals surface area contributed by atoms with E-state index in [2.05, 4.69) is 195 Å². The number of ether oxygens (including phenoxy) is 1. The molecule has 59 heavy (non-hydrogen) atoms. The number of fused-ring (bicyclic) bond motifs is 3. The van der Waals surface area contributed by atoms with Crippen molar-refractivity contribution in [1.29, 1.82) is 0 Å². The molecular formula is C53H55N4OPt-3. The molecule has 0 bridgehead atoms. The van der Waals surface area contributed by atoms with Crippen molar-refractivity contribution >= 4 is 33.2 Å². The number of hydrogen-bond donors (Lipinski definition) is 0. The van der Waals surface area contributed by atoms with Crippen LogP contribution in [0.15, 0.2) is 116 Å². The van der Waals surface area contributed by atoms with Gasteiger partial charge in [0.15, 0.2) is 0 Å². The monoisotopic (exact) mass is 958 g/mol. The molecule has 0 saturated heterocycles. The summed E-state index contributed by atoms with van der Waals surface area (Å²) in [5.41, 5.74) is 13.1. The molecule has 7 aromatic rings. The quantitative estimate of drug-likeness (QED) is 0.142. The molecule has 0 atom stereocenters. The Morgan fingerprint density at radius 2 is 1.31 bits per heavy atom. The average molecular weight is 959 g/mol. The molecule has 0 unspecified atom stereocenters. The first-order valence-electron chi connectivity index (χ1n) is 20.6. The van der Waals surface area contributed by atoms with Crippen LogP contribution in [0.2, 0.25) is 0 Å². The Morgan fingerprint density at radius 1 is 0.661 bits per heavy atom. The first-order valence-corrected chi connectivity index (χ1v) is 20.6. The molecular weight excluding hydrogens is 904 g/mol. The number of pyridine rings is 1. The SMILES string of the molecule is Cc1cc(C(C)(C)C)ccc1N1C=CN(c2[c-]c(Oc3[c-]c4c(cc3)c3ccc(-c5c(C(C)C)cccc5C(C)C)cc3n4-c3cc(C(C)(C)C)ccn3)ccc2)[CH-]1.[Pt]. The van der Waals surface area contributed by atoms with E-state index in [1.807, 2.05) is 30.5 Å². The summed E-state index contributed by atoms with van der Waals surface area (Å²) in [4.78, 5) is 9.21. The second-order valence-corrected chi connectivity index (χ2v) is 18.4. The molecule has 6 heteroatoms. The number of aryl methyl sites for hydroxylation is 1. The number of aromatic nitrogens is 2. The third kappa shape index (κ3) is 8.24. The van der Waals surface area contributed by atoms with Crippen molar-refractivity contribution < 1.29 is 25.8 Å². The van der Waals surface area contributed by atoms with Crippen molar-refractivity contribution in [1.82, 2.24) is 9.55 Å². The van der Waals surface area contributed by atoms with Crippen molar-refractivity contribution in [3.8, 4) is 28.4 Å². The number of hydrogen-bond acceptors (Lipinski definition) is 4. The number of anilines is 2. The van der Waals surface area contributed by atoms with Gasteiger partial charge in [0.2, 0.25) is 0 Å². The number of benzene rings is 5. The van der Waals surface area contributed by atoms with Gasteiger partial charge in [0.25, 0.3) is 0 Å². The summed E-state index contributed by atoms with van der Waals surface area (Å²) in [6, 6.07) is 42.1. The summed E-state index contributed by atoms with van der Waals surface area (Å²) in [7, 11) is 0. The fourth-order valence-corrected chi connectivity index (χ4v) is 8.08. The zero-order chi connectivity index (χ0) is 41.1. The fraction of sp³-hybridized carbons (Fsp3) is 0.283. The van der Waals surface area contributed by atoms with Crippen molar-refractivity contribution in [2.45, 2.75) is 98.8 Å². The van der Waals surface area contributed by atoms with E-state index in [0.29, 0.717) is 23.3 Å². The molecule has 0 spiro atoms. The smallest absolute Gasteiger partial charge is 0.135 e. The van der Waals surface area contributed by atoms with E-state index in [1.165, 1.54) is 38.9 Å². The molecule has 306 valence electrons. The number of rotatable bonds is 8. The van der Waals surface area contributed by atoms with Gasteiger partial charge in [-0.2, -0.15) is 12.1 Å². The van der Waals surface area contributed by atoms with Crippen LogP contribution in [-0.4, -0.2) is 9.55 Å². The van der Waals surface area contributed by atoms with Crippen LogP contribution in [0.5, 0.6) is 11.5 Å². The van der Waals surface area contributed by atoms with Gasteiger partial charge < -0.3 is 19.1 Å². The van der Waals surface area contributed by atoms with Crippen LogP contribution < -0.4 is 14.5 Å². The number of nitrogens with zero attached hydrogens (tertiary/aromatic N) is 4.